The average molecular weight is 308 g/mol. The second kappa shape index (κ2) is 6.87. The molecule has 1 amide bonds. The van der Waals surface area contributed by atoms with Gasteiger partial charge in [-0.05, 0) is 25.1 Å². The van der Waals surface area contributed by atoms with Crippen LogP contribution in [0.1, 0.15) is 17.4 Å². The maximum absolute atomic E-state index is 12.1. The molecule has 0 bridgehead atoms. The molecular weight excluding hydrogens is 294 g/mol. The van der Waals surface area contributed by atoms with Crippen molar-refractivity contribution in [1.29, 1.82) is 0 Å². The van der Waals surface area contributed by atoms with Crippen molar-refractivity contribution in [2.75, 3.05) is 17.3 Å². The number of nitrogens with two attached hydrogens (primary N) is 1. The molecule has 2 rings (SSSR count). The normalized spacial score (nSPS) is 10.0. The number of carbonyl (C=O) groups excluding carboxylic acids is 1. The van der Waals surface area contributed by atoms with E-state index >= 15 is 0 Å². The van der Waals surface area contributed by atoms with Crippen LogP contribution in [0.3, 0.4) is 0 Å². The van der Waals surface area contributed by atoms with Gasteiger partial charge in [0, 0.05) is 6.07 Å². The number of nitrogens with one attached hydrogen (secondary N) is 2. The van der Waals surface area contributed by atoms with Crippen molar-refractivity contribution in [3.05, 3.63) is 41.2 Å². The first-order valence-electron chi connectivity index (χ1n) is 6.17. The summed E-state index contributed by atoms with van der Waals surface area (Å²) >= 11 is 5.95. The lowest BCUT2D eigenvalue weighted by atomic mass is 10.3. The topological polar surface area (TPSA) is 102 Å². The van der Waals surface area contributed by atoms with E-state index in [1.165, 1.54) is 12.3 Å². The first-order chi connectivity index (χ1) is 10.1. The Bertz CT molecular complexity index is 633. The zero-order valence-corrected chi connectivity index (χ0v) is 12.0. The second-order valence-electron chi connectivity index (χ2n) is 3.94. The number of carbonyl (C=O) groups is 1. The minimum absolute atomic E-state index is 0.0704. The van der Waals surface area contributed by atoms with E-state index in [-0.39, 0.29) is 10.7 Å². The molecule has 7 nitrogen and oxygen atoms in total. The lowest BCUT2D eigenvalue weighted by molar-refractivity contribution is 0.102. The number of hydrazine groups is 1. The van der Waals surface area contributed by atoms with E-state index < -0.39 is 5.91 Å². The Hall–Kier alpha value is -2.38. The highest BCUT2D eigenvalue weighted by Crippen LogP contribution is 2.18. The van der Waals surface area contributed by atoms with Crippen molar-refractivity contribution < 1.29 is 9.53 Å². The molecule has 2 aromatic rings. The Balaban J connectivity index is 2.14. The molecule has 2 heterocycles. The molecule has 0 saturated carbocycles. The van der Waals surface area contributed by atoms with E-state index in [2.05, 4.69) is 20.7 Å². The van der Waals surface area contributed by atoms with Crippen LogP contribution in [0.4, 0.5) is 11.5 Å². The van der Waals surface area contributed by atoms with Crippen molar-refractivity contribution >= 4 is 29.0 Å². The summed E-state index contributed by atoms with van der Waals surface area (Å²) in [5, 5.41) is 2.87. The van der Waals surface area contributed by atoms with Crippen LogP contribution in [-0.2, 0) is 0 Å². The van der Waals surface area contributed by atoms with Gasteiger partial charge in [-0.2, -0.15) is 0 Å². The van der Waals surface area contributed by atoms with Crippen molar-refractivity contribution in [1.82, 2.24) is 9.97 Å². The molecule has 8 heteroatoms. The van der Waals surface area contributed by atoms with Gasteiger partial charge < -0.3 is 15.5 Å². The quantitative estimate of drug-likeness (QED) is 0.577. The van der Waals surface area contributed by atoms with Crippen LogP contribution < -0.4 is 21.3 Å². The van der Waals surface area contributed by atoms with Gasteiger partial charge in [0.2, 0.25) is 5.88 Å². The first-order valence-corrected chi connectivity index (χ1v) is 6.55. The van der Waals surface area contributed by atoms with Crippen LogP contribution in [0.5, 0.6) is 5.88 Å². The Kier molecular flexibility index (Phi) is 4.91. The van der Waals surface area contributed by atoms with Gasteiger partial charge in [-0.15, -0.1) is 0 Å². The molecule has 110 valence electrons. The number of hydrogen-bond acceptors (Lipinski definition) is 6. The number of halogens is 1. The smallest absolute Gasteiger partial charge is 0.275 e. The molecule has 4 N–H and O–H groups in total. The molecule has 0 aromatic carbocycles. The number of nitrogen functional groups attached to an aromatic ring is 1. The first kappa shape index (κ1) is 15.0. The Morgan fingerprint density at radius 2 is 2.19 bits per heavy atom. The fourth-order valence-corrected chi connectivity index (χ4v) is 1.75. The maximum atomic E-state index is 12.1. The number of anilines is 2. The number of hydrogen-bond donors (Lipinski definition) is 3. The summed E-state index contributed by atoms with van der Waals surface area (Å²) in [5.74, 6) is 5.63. The van der Waals surface area contributed by atoms with E-state index in [0.717, 1.165) is 0 Å². The monoisotopic (exact) mass is 307 g/mol. The summed E-state index contributed by atoms with van der Waals surface area (Å²) in [4.78, 5) is 20.2. The van der Waals surface area contributed by atoms with Gasteiger partial charge in [0.1, 0.15) is 11.5 Å². The minimum Gasteiger partial charge on any atom is -0.478 e. The van der Waals surface area contributed by atoms with E-state index in [1.807, 2.05) is 6.92 Å². The molecule has 0 spiro atoms. The molecule has 0 saturated heterocycles. The number of nitrogens with zero attached hydrogens (tertiary/aromatic N) is 2. The summed E-state index contributed by atoms with van der Waals surface area (Å²) in [7, 11) is 0. The van der Waals surface area contributed by atoms with Gasteiger partial charge in [0.05, 0.1) is 23.5 Å². The standard InChI is InChI=1S/C13H14ClN5O2/c1-2-21-11-6-3-8(7-16-11)17-13(20)12-9(14)4-5-10(18-12)19-15/h3-7H,2,15H2,1H3,(H,17,20)(H,18,19). The van der Waals surface area contributed by atoms with Crippen molar-refractivity contribution in [2.24, 2.45) is 5.84 Å². The Morgan fingerprint density at radius 3 is 2.81 bits per heavy atom. The molecule has 0 aliphatic rings. The van der Waals surface area contributed by atoms with Crippen LogP contribution >= 0.6 is 11.6 Å². The molecule has 0 fully saturated rings. The van der Waals surface area contributed by atoms with Crippen LogP contribution in [-0.4, -0.2) is 22.5 Å². The van der Waals surface area contributed by atoms with Gasteiger partial charge in [0.25, 0.3) is 5.91 Å². The van der Waals surface area contributed by atoms with Gasteiger partial charge >= 0.3 is 0 Å². The molecule has 0 aliphatic carbocycles. The summed E-state index contributed by atoms with van der Waals surface area (Å²) < 4.78 is 5.22. The van der Waals surface area contributed by atoms with Crippen molar-refractivity contribution in [3.63, 3.8) is 0 Å². The van der Waals surface area contributed by atoms with Gasteiger partial charge in [-0.25, -0.2) is 15.8 Å². The van der Waals surface area contributed by atoms with Gasteiger partial charge in [-0.3, -0.25) is 4.79 Å². The van der Waals surface area contributed by atoms with Crippen LogP contribution in [0.25, 0.3) is 0 Å². The van der Waals surface area contributed by atoms with E-state index in [0.29, 0.717) is 24.0 Å². The molecule has 21 heavy (non-hydrogen) atoms. The van der Waals surface area contributed by atoms with Crippen LogP contribution in [0.15, 0.2) is 30.5 Å². The molecule has 0 atom stereocenters. The van der Waals surface area contributed by atoms with Gasteiger partial charge in [0.15, 0.2) is 0 Å². The number of rotatable bonds is 5. The van der Waals surface area contributed by atoms with E-state index in [1.54, 1.807) is 18.2 Å². The SMILES string of the molecule is CCOc1ccc(NC(=O)c2nc(NN)ccc2Cl)cn1. The molecule has 2 aromatic heterocycles. The Labute approximate surface area is 126 Å². The fraction of sp³-hybridized carbons (Fsp3) is 0.154. The Morgan fingerprint density at radius 1 is 1.38 bits per heavy atom. The average Bonchev–Trinajstić information content (AvgIpc) is 2.50. The third kappa shape index (κ3) is 3.80. The number of aromatic nitrogens is 2. The van der Waals surface area contributed by atoms with E-state index in [9.17, 15) is 4.79 Å². The fourth-order valence-electron chi connectivity index (χ4n) is 1.56. The number of amides is 1. The zero-order chi connectivity index (χ0) is 15.2. The highest BCUT2D eigenvalue weighted by Gasteiger charge is 2.13. The predicted molar refractivity (Wildman–Crippen MR) is 80.4 cm³/mol. The largest absolute Gasteiger partial charge is 0.478 e. The second-order valence-corrected chi connectivity index (χ2v) is 4.35. The molecular formula is C13H14ClN5O2. The van der Waals surface area contributed by atoms with Crippen LogP contribution in [0, 0.1) is 0 Å². The summed E-state index contributed by atoms with van der Waals surface area (Å²) in [6, 6.07) is 6.44. The van der Waals surface area contributed by atoms with Crippen LogP contribution in [0.2, 0.25) is 5.02 Å². The zero-order valence-electron chi connectivity index (χ0n) is 11.3. The maximum Gasteiger partial charge on any atom is 0.275 e. The third-order valence-corrected chi connectivity index (χ3v) is 2.80. The minimum atomic E-state index is -0.456. The van der Waals surface area contributed by atoms with Crippen molar-refractivity contribution in [2.45, 2.75) is 6.92 Å². The summed E-state index contributed by atoms with van der Waals surface area (Å²) in [5.41, 5.74) is 2.93. The number of pyridine rings is 2. The lowest BCUT2D eigenvalue weighted by Gasteiger charge is -2.08. The van der Waals surface area contributed by atoms with Gasteiger partial charge in [-0.1, -0.05) is 11.6 Å². The predicted octanol–water partition coefficient (Wildman–Crippen LogP) is 2.07. The lowest BCUT2D eigenvalue weighted by Crippen LogP contribution is -2.17. The van der Waals surface area contributed by atoms with E-state index in [4.69, 9.17) is 22.2 Å². The highest BCUT2D eigenvalue weighted by atomic mass is 35.5. The summed E-state index contributed by atoms with van der Waals surface area (Å²) in [6.07, 6.45) is 1.49. The summed E-state index contributed by atoms with van der Waals surface area (Å²) in [6.45, 7) is 2.39. The molecule has 0 unspecified atom stereocenters. The number of ether oxygens (including phenoxy) is 1. The van der Waals surface area contributed by atoms with Crippen molar-refractivity contribution in [3.8, 4) is 5.88 Å². The molecule has 0 radical (unpaired) electrons. The third-order valence-electron chi connectivity index (χ3n) is 2.50. The highest BCUT2D eigenvalue weighted by molar-refractivity contribution is 6.34. The molecule has 0 aliphatic heterocycles.